The average molecular weight is 331 g/mol. The Balaban J connectivity index is 2.19. The largest absolute Gasteiger partial charge is 0.272 e. The average Bonchev–Trinajstić information content (AvgIpc) is 2.92. The van der Waals surface area contributed by atoms with E-state index in [0.717, 1.165) is 0 Å². The van der Waals surface area contributed by atoms with E-state index in [1.54, 1.807) is 29.5 Å². The van der Waals surface area contributed by atoms with Crippen LogP contribution in [0.2, 0.25) is 5.02 Å². The predicted molar refractivity (Wildman–Crippen MR) is 83.4 cm³/mol. The van der Waals surface area contributed by atoms with Crippen molar-refractivity contribution >= 4 is 28.3 Å². The molecule has 23 heavy (non-hydrogen) atoms. The topological polar surface area (TPSA) is 43.1 Å². The lowest BCUT2D eigenvalue weighted by atomic mass is 10.2. The summed E-state index contributed by atoms with van der Waals surface area (Å²) in [6.45, 7) is 1.76. The van der Waals surface area contributed by atoms with E-state index in [9.17, 15) is 8.78 Å². The Morgan fingerprint density at radius 1 is 1.04 bits per heavy atom. The van der Waals surface area contributed by atoms with Gasteiger partial charge in [-0.05, 0) is 37.3 Å². The van der Waals surface area contributed by atoms with Crippen LogP contribution in [0.1, 0.15) is 5.69 Å². The number of fused-ring (bicyclic) bond motifs is 3. The molecular formula is C16H9ClF2N4. The highest BCUT2D eigenvalue weighted by molar-refractivity contribution is 6.31. The van der Waals surface area contributed by atoms with Gasteiger partial charge in [0, 0.05) is 5.02 Å². The second-order valence-electron chi connectivity index (χ2n) is 5.11. The summed E-state index contributed by atoms with van der Waals surface area (Å²) in [4.78, 5) is 4.42. The van der Waals surface area contributed by atoms with E-state index < -0.39 is 11.6 Å². The summed E-state index contributed by atoms with van der Waals surface area (Å²) >= 11 is 6.00. The van der Waals surface area contributed by atoms with Gasteiger partial charge in [0.15, 0.2) is 11.5 Å². The van der Waals surface area contributed by atoms with Crippen LogP contribution in [0.4, 0.5) is 8.78 Å². The van der Waals surface area contributed by atoms with Crippen LogP contribution in [0.15, 0.2) is 36.4 Å². The molecule has 0 aliphatic carbocycles. The molecule has 7 heteroatoms. The third-order valence-electron chi connectivity index (χ3n) is 3.64. The molecule has 0 aliphatic rings. The van der Waals surface area contributed by atoms with Crippen LogP contribution in [-0.2, 0) is 0 Å². The van der Waals surface area contributed by atoms with Gasteiger partial charge in [-0.1, -0.05) is 17.7 Å². The van der Waals surface area contributed by atoms with Gasteiger partial charge in [0.1, 0.15) is 11.6 Å². The summed E-state index contributed by atoms with van der Waals surface area (Å²) in [5.41, 5.74) is 2.03. The molecule has 4 aromatic rings. The van der Waals surface area contributed by atoms with Crippen LogP contribution in [0.25, 0.3) is 28.1 Å². The fourth-order valence-electron chi connectivity index (χ4n) is 2.63. The van der Waals surface area contributed by atoms with Gasteiger partial charge in [-0.3, -0.25) is 4.40 Å². The molecule has 4 rings (SSSR count). The molecule has 0 radical (unpaired) electrons. The molecule has 4 nitrogen and oxygen atoms in total. The first-order chi connectivity index (χ1) is 11.1. The number of aryl methyl sites for hydroxylation is 1. The minimum Gasteiger partial charge on any atom is -0.272 e. The maximum atomic E-state index is 14.1. The minimum absolute atomic E-state index is 0.0911. The van der Waals surface area contributed by atoms with Gasteiger partial charge >= 0.3 is 0 Å². The van der Waals surface area contributed by atoms with Gasteiger partial charge < -0.3 is 0 Å². The lowest BCUT2D eigenvalue weighted by Gasteiger charge is -2.08. The molecule has 114 valence electrons. The molecule has 0 aliphatic heterocycles. The van der Waals surface area contributed by atoms with Gasteiger partial charge in [-0.25, -0.2) is 13.8 Å². The van der Waals surface area contributed by atoms with Gasteiger partial charge in [0.05, 0.1) is 22.3 Å². The summed E-state index contributed by atoms with van der Waals surface area (Å²) in [5, 5.41) is 8.54. The highest BCUT2D eigenvalue weighted by Gasteiger charge is 2.20. The molecule has 0 N–H and O–H groups in total. The van der Waals surface area contributed by atoms with E-state index in [1.807, 2.05) is 0 Å². The number of rotatable bonds is 1. The number of benzene rings is 2. The highest BCUT2D eigenvalue weighted by Crippen LogP contribution is 2.29. The van der Waals surface area contributed by atoms with E-state index >= 15 is 0 Å². The molecule has 2 aromatic heterocycles. The third-order valence-corrected chi connectivity index (χ3v) is 3.87. The van der Waals surface area contributed by atoms with Gasteiger partial charge in [-0.2, -0.15) is 0 Å². The molecule has 2 aromatic carbocycles. The van der Waals surface area contributed by atoms with Crippen LogP contribution in [0.3, 0.4) is 0 Å². The monoisotopic (exact) mass is 330 g/mol. The SMILES string of the molecule is Cc1nc2cc(Cl)ccc2n2c(-c3c(F)cccc3F)nnc12. The van der Waals surface area contributed by atoms with Gasteiger partial charge in [-0.15, -0.1) is 10.2 Å². The predicted octanol–water partition coefficient (Wildman–Crippen LogP) is 4.18. The first kappa shape index (κ1) is 14.0. The Morgan fingerprint density at radius 2 is 1.78 bits per heavy atom. The van der Waals surface area contributed by atoms with Crippen LogP contribution >= 0.6 is 11.6 Å². The van der Waals surface area contributed by atoms with Crippen LogP contribution in [0.5, 0.6) is 0 Å². The zero-order valence-electron chi connectivity index (χ0n) is 11.9. The van der Waals surface area contributed by atoms with E-state index in [0.29, 0.717) is 27.4 Å². The normalized spacial score (nSPS) is 11.5. The van der Waals surface area contributed by atoms with Crippen LogP contribution < -0.4 is 0 Å². The maximum absolute atomic E-state index is 14.1. The molecule has 2 heterocycles. The molecule has 0 bridgehead atoms. The molecule has 0 atom stereocenters. The second kappa shape index (κ2) is 4.96. The molecular weight excluding hydrogens is 322 g/mol. The molecule has 0 saturated heterocycles. The van der Waals surface area contributed by atoms with Crippen molar-refractivity contribution in [3.05, 3.63) is 58.7 Å². The van der Waals surface area contributed by atoms with E-state index in [4.69, 9.17) is 11.6 Å². The summed E-state index contributed by atoms with van der Waals surface area (Å²) in [6, 6.07) is 8.77. The summed E-state index contributed by atoms with van der Waals surface area (Å²) < 4.78 is 29.9. The van der Waals surface area contributed by atoms with Crippen molar-refractivity contribution in [3.63, 3.8) is 0 Å². The number of hydrogen-bond acceptors (Lipinski definition) is 3. The van der Waals surface area contributed by atoms with Gasteiger partial charge in [0.2, 0.25) is 0 Å². The van der Waals surface area contributed by atoms with E-state index in [1.165, 1.54) is 18.2 Å². The van der Waals surface area contributed by atoms with Gasteiger partial charge in [0.25, 0.3) is 0 Å². The lowest BCUT2D eigenvalue weighted by Crippen LogP contribution is -2.00. The van der Waals surface area contributed by atoms with Crippen LogP contribution in [-0.4, -0.2) is 19.6 Å². The maximum Gasteiger partial charge on any atom is 0.183 e. The first-order valence-corrected chi connectivity index (χ1v) is 7.19. The van der Waals surface area contributed by atoms with Crippen molar-refractivity contribution < 1.29 is 8.78 Å². The Hall–Kier alpha value is -2.60. The molecule has 0 unspecified atom stereocenters. The fraction of sp³-hybridized carbons (Fsp3) is 0.0625. The lowest BCUT2D eigenvalue weighted by molar-refractivity contribution is 0.587. The van der Waals surface area contributed by atoms with E-state index in [-0.39, 0.29) is 11.4 Å². The molecule has 0 saturated carbocycles. The van der Waals surface area contributed by atoms with Crippen molar-refractivity contribution in [1.29, 1.82) is 0 Å². The standard InChI is InChI=1S/C16H9ClF2N4/c1-8-15-21-22-16(14-10(18)3-2-4-11(14)19)23(15)13-6-5-9(17)7-12(13)20-8/h2-7H,1H3. The number of aromatic nitrogens is 4. The number of hydrogen-bond donors (Lipinski definition) is 0. The smallest absolute Gasteiger partial charge is 0.183 e. The molecule has 0 fully saturated rings. The quantitative estimate of drug-likeness (QED) is 0.525. The summed E-state index contributed by atoms with van der Waals surface area (Å²) in [7, 11) is 0. The summed E-state index contributed by atoms with van der Waals surface area (Å²) in [6.07, 6.45) is 0. The fourth-order valence-corrected chi connectivity index (χ4v) is 2.79. The van der Waals surface area contributed by atoms with Crippen molar-refractivity contribution in [1.82, 2.24) is 19.6 Å². The van der Waals surface area contributed by atoms with Crippen molar-refractivity contribution in [2.24, 2.45) is 0 Å². The second-order valence-corrected chi connectivity index (χ2v) is 5.55. The first-order valence-electron chi connectivity index (χ1n) is 6.81. The Labute approximate surface area is 134 Å². The zero-order valence-corrected chi connectivity index (χ0v) is 12.6. The van der Waals surface area contributed by atoms with E-state index in [2.05, 4.69) is 15.2 Å². The Kier molecular flexibility index (Phi) is 3.02. The number of halogens is 3. The Bertz CT molecular complexity index is 1050. The molecule has 0 amide bonds. The zero-order chi connectivity index (χ0) is 16.1. The van der Waals surface area contributed by atoms with Crippen LogP contribution in [0, 0.1) is 18.6 Å². The van der Waals surface area contributed by atoms with Crippen molar-refractivity contribution in [2.45, 2.75) is 6.92 Å². The van der Waals surface area contributed by atoms with Crippen molar-refractivity contribution in [3.8, 4) is 11.4 Å². The number of nitrogens with zero attached hydrogens (tertiary/aromatic N) is 4. The Morgan fingerprint density at radius 3 is 2.52 bits per heavy atom. The van der Waals surface area contributed by atoms with Crippen molar-refractivity contribution in [2.75, 3.05) is 0 Å². The highest BCUT2D eigenvalue weighted by atomic mass is 35.5. The minimum atomic E-state index is -0.698. The molecule has 0 spiro atoms. The summed E-state index contributed by atoms with van der Waals surface area (Å²) in [5.74, 6) is -1.31. The third kappa shape index (κ3) is 2.06.